The Balaban J connectivity index is 1.93. The van der Waals surface area contributed by atoms with Gasteiger partial charge in [0.15, 0.2) is 21.3 Å². The van der Waals surface area contributed by atoms with Crippen LogP contribution in [0.15, 0.2) is 87.5 Å². The second kappa shape index (κ2) is 10.9. The smallest absolute Gasteiger partial charge is 0.344 e. The lowest BCUT2D eigenvalue weighted by molar-refractivity contribution is -0.157. The van der Waals surface area contributed by atoms with Crippen LogP contribution in [-0.2, 0) is 20.4 Å². The highest BCUT2D eigenvalue weighted by atomic mass is 32.2. The molecular formula is C28H35N2O3S+. The Morgan fingerprint density at radius 2 is 1.26 bits per heavy atom. The summed E-state index contributed by atoms with van der Waals surface area (Å²) in [5.74, 6) is 0.270. The molecule has 0 unspecified atom stereocenters. The van der Waals surface area contributed by atoms with Crippen molar-refractivity contribution in [2.24, 2.45) is 0 Å². The molecule has 3 aromatic carbocycles. The highest BCUT2D eigenvalue weighted by Crippen LogP contribution is 2.34. The van der Waals surface area contributed by atoms with Crippen molar-refractivity contribution in [3.8, 4) is 5.75 Å². The van der Waals surface area contributed by atoms with Gasteiger partial charge in [-0.1, -0.05) is 6.07 Å². The summed E-state index contributed by atoms with van der Waals surface area (Å²) in [5.41, 5.74) is 1.78. The molecule has 0 aliphatic heterocycles. The first kappa shape index (κ1) is 25.5. The lowest BCUT2D eigenvalue weighted by Gasteiger charge is -2.19. The molecule has 34 heavy (non-hydrogen) atoms. The third kappa shape index (κ3) is 6.94. The zero-order chi connectivity index (χ0) is 24.9. The first-order chi connectivity index (χ1) is 16.0. The van der Waals surface area contributed by atoms with Crippen LogP contribution in [0.5, 0.6) is 5.75 Å². The van der Waals surface area contributed by atoms with E-state index in [2.05, 4.69) is 64.4 Å². The van der Waals surface area contributed by atoms with Crippen molar-refractivity contribution in [3.63, 3.8) is 0 Å². The van der Waals surface area contributed by atoms with Crippen LogP contribution >= 0.6 is 0 Å². The van der Waals surface area contributed by atoms with E-state index >= 15 is 0 Å². The van der Waals surface area contributed by atoms with Gasteiger partial charge >= 0.3 is 5.97 Å². The van der Waals surface area contributed by atoms with E-state index in [1.54, 1.807) is 0 Å². The number of carbonyl (C=O) groups is 1. The minimum absolute atomic E-state index is 0.121. The minimum Gasteiger partial charge on any atom is -0.482 e. The van der Waals surface area contributed by atoms with Gasteiger partial charge in [0.1, 0.15) is 11.4 Å². The van der Waals surface area contributed by atoms with Gasteiger partial charge in [-0.3, -0.25) is 0 Å². The Bertz CT molecular complexity index is 1040. The van der Waals surface area contributed by atoms with Gasteiger partial charge in [-0.05, 0) is 81.4 Å². The van der Waals surface area contributed by atoms with Crippen molar-refractivity contribution < 1.29 is 14.3 Å². The molecule has 0 radical (unpaired) electrons. The summed E-state index contributed by atoms with van der Waals surface area (Å²) in [5, 5.41) is 0. The molecule has 0 spiro atoms. The van der Waals surface area contributed by atoms with Gasteiger partial charge in [0.05, 0.1) is 10.9 Å². The molecule has 6 heteroatoms. The zero-order valence-electron chi connectivity index (χ0n) is 21.2. The molecule has 0 heterocycles. The third-order valence-electron chi connectivity index (χ3n) is 5.00. The highest BCUT2D eigenvalue weighted by molar-refractivity contribution is 7.97. The number of hydrogen-bond acceptors (Lipinski definition) is 5. The summed E-state index contributed by atoms with van der Waals surface area (Å²) >= 11 is 0. The van der Waals surface area contributed by atoms with Gasteiger partial charge < -0.3 is 19.3 Å². The van der Waals surface area contributed by atoms with Crippen LogP contribution in [0.2, 0.25) is 0 Å². The molecule has 0 atom stereocenters. The molecule has 0 fully saturated rings. The van der Waals surface area contributed by atoms with Crippen LogP contribution in [0.25, 0.3) is 0 Å². The molecule has 3 aromatic rings. The normalized spacial score (nSPS) is 11.3. The number of rotatable bonds is 8. The summed E-state index contributed by atoms with van der Waals surface area (Å²) in [6.07, 6.45) is 0. The SMILES string of the molecule is CN(C)c1ccc([S+](c2ccc(N(C)C)cc2)c2cccc(OCC(=O)OC(C)(C)C)c2)cc1. The molecular weight excluding hydrogens is 444 g/mol. The standard InChI is InChI=1S/C28H35N2O3S/c1-28(2,3)33-27(31)20-32-23-9-8-10-26(19-23)34(24-15-11-21(12-16-24)29(4)5)25-17-13-22(14-18-25)30(6)7/h8-19H,20H2,1-7H3/q+1. The summed E-state index contributed by atoms with van der Waals surface area (Å²) in [7, 11) is 7.84. The predicted molar refractivity (Wildman–Crippen MR) is 141 cm³/mol. The average molecular weight is 480 g/mol. The van der Waals surface area contributed by atoms with Crippen molar-refractivity contribution in [3.05, 3.63) is 72.8 Å². The fraction of sp³-hybridized carbons (Fsp3) is 0.321. The van der Waals surface area contributed by atoms with Crippen LogP contribution in [0, 0.1) is 0 Å². The molecule has 0 N–H and O–H groups in total. The first-order valence-corrected chi connectivity index (χ1v) is 12.5. The number of nitrogens with zero attached hydrogens (tertiary/aromatic N) is 2. The van der Waals surface area contributed by atoms with E-state index in [1.807, 2.05) is 67.2 Å². The molecule has 0 bridgehead atoms. The van der Waals surface area contributed by atoms with Crippen molar-refractivity contribution >= 4 is 28.2 Å². The number of hydrogen-bond donors (Lipinski definition) is 0. The van der Waals surface area contributed by atoms with Gasteiger partial charge in [0.25, 0.3) is 0 Å². The molecule has 180 valence electrons. The number of benzene rings is 3. The quantitative estimate of drug-likeness (QED) is 0.309. The van der Waals surface area contributed by atoms with E-state index in [1.165, 1.54) is 9.79 Å². The van der Waals surface area contributed by atoms with Crippen molar-refractivity contribution in [2.45, 2.75) is 41.1 Å². The fourth-order valence-electron chi connectivity index (χ4n) is 3.37. The van der Waals surface area contributed by atoms with Gasteiger partial charge in [-0.15, -0.1) is 0 Å². The van der Waals surface area contributed by atoms with Crippen LogP contribution in [0.1, 0.15) is 20.8 Å². The van der Waals surface area contributed by atoms with Gasteiger partial charge in [-0.2, -0.15) is 0 Å². The monoisotopic (exact) mass is 479 g/mol. The summed E-state index contributed by atoms with van der Waals surface area (Å²) < 4.78 is 11.2. The maximum atomic E-state index is 12.1. The highest BCUT2D eigenvalue weighted by Gasteiger charge is 2.29. The van der Waals surface area contributed by atoms with E-state index < -0.39 is 5.60 Å². The topological polar surface area (TPSA) is 42.0 Å². The zero-order valence-corrected chi connectivity index (χ0v) is 22.0. The number of carbonyl (C=O) groups excluding carboxylic acids is 1. The maximum Gasteiger partial charge on any atom is 0.344 e. The summed E-state index contributed by atoms with van der Waals surface area (Å²) in [6.45, 7) is 5.42. The molecule has 0 amide bonds. The Morgan fingerprint density at radius 3 is 1.71 bits per heavy atom. The summed E-state index contributed by atoms with van der Waals surface area (Å²) in [6, 6.07) is 25.3. The molecule has 5 nitrogen and oxygen atoms in total. The molecule has 0 saturated heterocycles. The molecule has 0 saturated carbocycles. The Morgan fingerprint density at radius 1 is 0.765 bits per heavy atom. The first-order valence-electron chi connectivity index (χ1n) is 11.3. The summed E-state index contributed by atoms with van der Waals surface area (Å²) in [4.78, 5) is 19.9. The van der Waals surface area contributed by atoms with Crippen molar-refractivity contribution in [1.82, 2.24) is 0 Å². The van der Waals surface area contributed by atoms with E-state index in [9.17, 15) is 4.79 Å². The fourth-order valence-corrected chi connectivity index (χ4v) is 5.45. The van der Waals surface area contributed by atoms with E-state index in [0.29, 0.717) is 5.75 Å². The van der Waals surface area contributed by atoms with Crippen molar-refractivity contribution in [2.75, 3.05) is 44.6 Å². The third-order valence-corrected chi connectivity index (χ3v) is 7.21. The van der Waals surface area contributed by atoms with Gasteiger partial charge in [-0.25, -0.2) is 4.79 Å². The minimum atomic E-state index is -0.536. The lowest BCUT2D eigenvalue weighted by Crippen LogP contribution is -2.27. The van der Waals surface area contributed by atoms with Gasteiger partial charge in [0.2, 0.25) is 0 Å². The molecule has 0 aliphatic carbocycles. The van der Waals surface area contributed by atoms with Crippen LogP contribution in [-0.4, -0.2) is 46.4 Å². The van der Waals surface area contributed by atoms with Crippen LogP contribution < -0.4 is 14.5 Å². The van der Waals surface area contributed by atoms with E-state index in [4.69, 9.17) is 9.47 Å². The molecule has 0 aliphatic rings. The average Bonchev–Trinajstić information content (AvgIpc) is 2.78. The maximum absolute atomic E-state index is 12.1. The second-order valence-electron chi connectivity index (χ2n) is 9.43. The number of esters is 1. The lowest BCUT2D eigenvalue weighted by atomic mass is 10.2. The largest absolute Gasteiger partial charge is 0.482 e. The Hall–Kier alpha value is -3.12. The predicted octanol–water partition coefficient (Wildman–Crippen LogP) is 5.63. The number of anilines is 2. The van der Waals surface area contributed by atoms with Crippen LogP contribution in [0.3, 0.4) is 0 Å². The van der Waals surface area contributed by atoms with E-state index in [0.717, 1.165) is 16.3 Å². The molecule has 3 rings (SSSR count). The van der Waals surface area contributed by atoms with Crippen molar-refractivity contribution in [1.29, 1.82) is 0 Å². The Labute approximate surface area is 206 Å². The van der Waals surface area contributed by atoms with Crippen LogP contribution in [0.4, 0.5) is 11.4 Å². The number of ether oxygens (including phenoxy) is 2. The Kier molecular flexibility index (Phi) is 8.15. The van der Waals surface area contributed by atoms with Gasteiger partial charge in [0, 0.05) is 45.6 Å². The second-order valence-corrected chi connectivity index (χ2v) is 11.5. The van der Waals surface area contributed by atoms with E-state index in [-0.39, 0.29) is 23.5 Å². The molecule has 0 aromatic heterocycles.